The number of ether oxygens (including phenoxy) is 3. The molecule has 1 saturated heterocycles. The first-order valence-corrected chi connectivity index (χ1v) is 13.7. The van der Waals surface area contributed by atoms with Gasteiger partial charge >= 0.3 is 5.97 Å². The normalized spacial score (nSPS) is 16.1. The lowest BCUT2D eigenvalue weighted by Crippen LogP contribution is -2.29. The van der Waals surface area contributed by atoms with Crippen LogP contribution in [0.2, 0.25) is 0 Å². The van der Waals surface area contributed by atoms with Gasteiger partial charge in [0.15, 0.2) is 5.11 Å². The number of thiocarbonyl (C=S) groups is 1. The molecule has 0 bridgehead atoms. The summed E-state index contributed by atoms with van der Waals surface area (Å²) in [7, 11) is 2.99. The summed E-state index contributed by atoms with van der Waals surface area (Å²) in [6.07, 6.45) is 1.76. The van der Waals surface area contributed by atoms with E-state index < -0.39 is 5.97 Å². The Morgan fingerprint density at radius 3 is 2.24 bits per heavy atom. The van der Waals surface area contributed by atoms with Gasteiger partial charge in [-0.15, -0.1) is 0 Å². The molecule has 1 aliphatic rings. The quantitative estimate of drug-likeness (QED) is 0.153. The fourth-order valence-corrected chi connectivity index (χ4v) is 5.36. The van der Waals surface area contributed by atoms with E-state index in [2.05, 4.69) is 10.3 Å². The maximum atomic E-state index is 12.4. The lowest BCUT2D eigenvalue weighted by Gasteiger charge is -2.26. The van der Waals surface area contributed by atoms with Crippen LogP contribution in [-0.2, 0) is 4.74 Å². The number of benzene rings is 3. The van der Waals surface area contributed by atoms with Crippen molar-refractivity contribution < 1.29 is 23.4 Å². The van der Waals surface area contributed by atoms with Gasteiger partial charge in [0, 0.05) is 17.4 Å². The zero-order valence-corrected chi connectivity index (χ0v) is 23.7. The van der Waals surface area contributed by atoms with Gasteiger partial charge in [-0.2, -0.15) is 0 Å². The van der Waals surface area contributed by atoms with E-state index in [1.165, 1.54) is 7.11 Å². The van der Waals surface area contributed by atoms with Crippen molar-refractivity contribution in [2.45, 2.75) is 12.1 Å². The number of aromatic nitrogens is 1. The topological polar surface area (TPSA) is 86.1 Å². The maximum Gasteiger partial charge on any atom is 0.338 e. The summed E-state index contributed by atoms with van der Waals surface area (Å²) in [6.45, 7) is 0. The van der Waals surface area contributed by atoms with Crippen LogP contribution in [0.4, 0.5) is 5.69 Å². The summed E-state index contributed by atoms with van der Waals surface area (Å²) in [6, 6.07) is 31.2. The average molecular weight is 578 g/mol. The molecule has 0 amide bonds. The summed E-state index contributed by atoms with van der Waals surface area (Å²) >= 11 is 5.85. The molecule has 210 valence electrons. The van der Waals surface area contributed by atoms with Crippen LogP contribution in [0.5, 0.6) is 17.2 Å². The third-order valence-corrected chi connectivity index (χ3v) is 7.34. The highest BCUT2D eigenvalue weighted by atomic mass is 32.1. The van der Waals surface area contributed by atoms with Crippen molar-refractivity contribution in [1.29, 1.82) is 0 Å². The molecule has 0 radical (unpaired) electrons. The molecule has 6 rings (SSSR count). The first-order chi connectivity index (χ1) is 20.6. The Bertz CT molecular complexity index is 1700. The van der Waals surface area contributed by atoms with E-state index in [4.69, 9.17) is 30.8 Å². The number of furan rings is 1. The standard InChI is InChI=1S/C33H27N3O5S/c1-38-22-14-16-24(17-15-22)40-23-12-10-21(11-13-23)36-31(30(35-33(36)42)27-9-5-6-20-34-27)29-19-18-28(41-29)25-7-3-4-8-26(25)32(37)39-2/h3-20,30-31H,1-2H3,(H,35,42)/t30-,31-/m0/s1. The van der Waals surface area contributed by atoms with E-state index >= 15 is 0 Å². The SMILES string of the molecule is COC(=O)c1ccccc1-c1ccc([C@H]2[C@H](c3ccccn3)NC(=S)N2c2ccc(Oc3ccc(OC)cc3)cc2)o1. The molecule has 0 saturated carbocycles. The first-order valence-electron chi connectivity index (χ1n) is 13.3. The fourth-order valence-electron chi connectivity index (χ4n) is 5.02. The number of hydrogen-bond acceptors (Lipinski definition) is 7. The number of methoxy groups -OCH3 is 2. The monoisotopic (exact) mass is 577 g/mol. The van der Waals surface area contributed by atoms with Gasteiger partial charge in [-0.1, -0.05) is 24.3 Å². The third-order valence-electron chi connectivity index (χ3n) is 7.02. The second-order valence-electron chi connectivity index (χ2n) is 9.51. The van der Waals surface area contributed by atoms with Gasteiger partial charge in [0.25, 0.3) is 0 Å². The van der Waals surface area contributed by atoms with Gasteiger partial charge in [-0.3, -0.25) is 4.98 Å². The summed E-state index contributed by atoms with van der Waals surface area (Å²) in [4.78, 5) is 19.1. The van der Waals surface area contributed by atoms with Crippen LogP contribution in [0.15, 0.2) is 114 Å². The molecule has 9 heteroatoms. The first kappa shape index (κ1) is 27.0. The molecule has 0 spiro atoms. The fraction of sp³-hybridized carbons (Fsp3) is 0.121. The van der Waals surface area contributed by atoms with E-state index in [1.807, 2.05) is 95.9 Å². The predicted molar refractivity (Wildman–Crippen MR) is 163 cm³/mol. The third kappa shape index (κ3) is 5.29. The summed E-state index contributed by atoms with van der Waals surface area (Å²) in [5.74, 6) is 2.91. The lowest BCUT2D eigenvalue weighted by atomic mass is 10.0. The smallest absolute Gasteiger partial charge is 0.338 e. The van der Waals surface area contributed by atoms with Crippen LogP contribution in [0.1, 0.15) is 33.9 Å². The Balaban J connectivity index is 1.35. The average Bonchev–Trinajstić information content (AvgIpc) is 3.66. The van der Waals surface area contributed by atoms with E-state index in [1.54, 1.807) is 25.4 Å². The number of pyridine rings is 1. The van der Waals surface area contributed by atoms with Crippen molar-refractivity contribution in [2.24, 2.45) is 0 Å². The Labute approximate surface area is 248 Å². The Morgan fingerprint density at radius 1 is 0.857 bits per heavy atom. The van der Waals surface area contributed by atoms with E-state index in [-0.39, 0.29) is 12.1 Å². The van der Waals surface area contributed by atoms with Crippen LogP contribution in [0.3, 0.4) is 0 Å². The molecule has 1 aliphatic heterocycles. The van der Waals surface area contributed by atoms with Crippen LogP contribution < -0.4 is 19.7 Å². The zero-order chi connectivity index (χ0) is 29.1. The maximum absolute atomic E-state index is 12.4. The molecule has 0 unspecified atom stereocenters. The number of anilines is 1. The molecule has 5 aromatic rings. The van der Waals surface area contributed by atoms with Crippen molar-refractivity contribution >= 4 is 29.0 Å². The number of carbonyl (C=O) groups is 1. The number of hydrogen-bond donors (Lipinski definition) is 1. The molecule has 3 heterocycles. The van der Waals surface area contributed by atoms with Crippen molar-refractivity contribution in [3.05, 3.63) is 126 Å². The predicted octanol–water partition coefficient (Wildman–Crippen LogP) is 7.11. The largest absolute Gasteiger partial charge is 0.497 e. The summed E-state index contributed by atoms with van der Waals surface area (Å²) in [5.41, 5.74) is 2.74. The highest BCUT2D eigenvalue weighted by Gasteiger charge is 2.42. The minimum Gasteiger partial charge on any atom is -0.497 e. The van der Waals surface area contributed by atoms with Crippen LogP contribution >= 0.6 is 12.2 Å². The number of esters is 1. The van der Waals surface area contributed by atoms with Gasteiger partial charge in [-0.25, -0.2) is 4.79 Å². The molecule has 1 fully saturated rings. The summed E-state index contributed by atoms with van der Waals surface area (Å²) < 4.78 is 22.7. The molecule has 1 N–H and O–H groups in total. The summed E-state index contributed by atoms with van der Waals surface area (Å²) in [5, 5.41) is 3.97. The highest BCUT2D eigenvalue weighted by Crippen LogP contribution is 2.43. The van der Waals surface area contributed by atoms with E-state index in [0.29, 0.717) is 39.3 Å². The Morgan fingerprint density at radius 2 is 1.55 bits per heavy atom. The number of rotatable bonds is 8. The minimum absolute atomic E-state index is 0.288. The van der Waals surface area contributed by atoms with Gasteiger partial charge in [0.1, 0.15) is 34.8 Å². The molecule has 42 heavy (non-hydrogen) atoms. The van der Waals surface area contributed by atoms with Crippen molar-refractivity contribution in [1.82, 2.24) is 10.3 Å². The van der Waals surface area contributed by atoms with Gasteiger partial charge < -0.3 is 28.8 Å². The number of nitrogens with zero attached hydrogens (tertiary/aromatic N) is 2. The molecule has 3 aromatic carbocycles. The second-order valence-corrected chi connectivity index (χ2v) is 9.89. The Hall–Kier alpha value is -5.15. The molecule has 0 aliphatic carbocycles. The van der Waals surface area contributed by atoms with Gasteiger partial charge in [0.05, 0.1) is 31.5 Å². The van der Waals surface area contributed by atoms with Gasteiger partial charge in [-0.05, 0) is 91.1 Å². The van der Waals surface area contributed by atoms with Crippen LogP contribution in [0.25, 0.3) is 11.3 Å². The lowest BCUT2D eigenvalue weighted by molar-refractivity contribution is 0.0601. The van der Waals surface area contributed by atoms with Crippen molar-refractivity contribution in [3.8, 4) is 28.6 Å². The minimum atomic E-state index is -0.433. The van der Waals surface area contributed by atoms with Crippen LogP contribution in [-0.4, -0.2) is 30.3 Å². The molecule has 2 atom stereocenters. The molecule has 8 nitrogen and oxygen atoms in total. The van der Waals surface area contributed by atoms with Crippen molar-refractivity contribution in [3.63, 3.8) is 0 Å². The Kier molecular flexibility index (Phi) is 7.57. The van der Waals surface area contributed by atoms with E-state index in [0.717, 1.165) is 17.1 Å². The van der Waals surface area contributed by atoms with Gasteiger partial charge in [0.2, 0.25) is 0 Å². The van der Waals surface area contributed by atoms with Crippen molar-refractivity contribution in [2.75, 3.05) is 19.1 Å². The highest BCUT2D eigenvalue weighted by molar-refractivity contribution is 7.80. The second kappa shape index (κ2) is 11.8. The molecule has 2 aromatic heterocycles. The number of nitrogens with one attached hydrogen (secondary N) is 1. The molecular weight excluding hydrogens is 550 g/mol. The van der Waals surface area contributed by atoms with Crippen LogP contribution in [0, 0.1) is 0 Å². The zero-order valence-electron chi connectivity index (χ0n) is 22.9. The van der Waals surface area contributed by atoms with E-state index in [9.17, 15) is 4.79 Å². The molecular formula is C33H27N3O5S. The number of carbonyl (C=O) groups excluding carboxylic acids is 1.